The maximum absolute atomic E-state index is 12.9. The van der Waals surface area contributed by atoms with Gasteiger partial charge in [0.1, 0.15) is 10.9 Å². The quantitative estimate of drug-likeness (QED) is 0.708. The zero-order valence-electron chi connectivity index (χ0n) is 12.7. The number of aryl methyl sites for hydroxylation is 2. The number of fused-ring (bicyclic) bond motifs is 1. The van der Waals surface area contributed by atoms with Gasteiger partial charge in [-0.2, -0.15) is 4.98 Å². The highest BCUT2D eigenvalue weighted by molar-refractivity contribution is 7.18. The van der Waals surface area contributed by atoms with Gasteiger partial charge in [-0.15, -0.1) is 0 Å². The Kier molecular flexibility index (Phi) is 3.38. The molecule has 120 valence electrons. The van der Waals surface area contributed by atoms with E-state index in [2.05, 4.69) is 15.1 Å². The van der Waals surface area contributed by atoms with Crippen LogP contribution in [0.25, 0.3) is 4.96 Å². The average Bonchev–Trinajstić information content (AvgIpc) is 3.21. The van der Waals surface area contributed by atoms with Gasteiger partial charge in [0.05, 0.1) is 18.9 Å². The van der Waals surface area contributed by atoms with E-state index in [0.717, 1.165) is 10.7 Å². The summed E-state index contributed by atoms with van der Waals surface area (Å²) >= 11 is 1.38. The molecule has 1 atom stereocenters. The van der Waals surface area contributed by atoms with Gasteiger partial charge < -0.3 is 14.2 Å². The second kappa shape index (κ2) is 5.43. The van der Waals surface area contributed by atoms with Crippen molar-refractivity contribution in [2.45, 2.75) is 19.9 Å². The monoisotopic (exact) mass is 333 g/mol. The molecule has 1 unspecified atom stereocenters. The fourth-order valence-electron chi connectivity index (χ4n) is 2.65. The number of carbonyl (C=O) groups is 1. The van der Waals surface area contributed by atoms with Gasteiger partial charge in [0.2, 0.25) is 0 Å². The fourth-order valence-corrected chi connectivity index (χ4v) is 3.62. The van der Waals surface area contributed by atoms with E-state index in [9.17, 15) is 4.79 Å². The van der Waals surface area contributed by atoms with E-state index >= 15 is 0 Å². The molecule has 3 aromatic rings. The van der Waals surface area contributed by atoms with Crippen LogP contribution in [-0.4, -0.2) is 50.1 Å². The van der Waals surface area contributed by atoms with E-state index in [1.807, 2.05) is 23.7 Å². The normalized spacial score (nSPS) is 18.7. The van der Waals surface area contributed by atoms with Gasteiger partial charge in [-0.1, -0.05) is 16.5 Å². The highest BCUT2D eigenvalue weighted by atomic mass is 32.1. The number of morpholine rings is 1. The van der Waals surface area contributed by atoms with Crippen LogP contribution < -0.4 is 0 Å². The first-order valence-corrected chi connectivity index (χ1v) is 8.07. The van der Waals surface area contributed by atoms with Crippen LogP contribution in [0, 0.1) is 13.8 Å². The second-order valence-electron chi connectivity index (χ2n) is 5.44. The van der Waals surface area contributed by atoms with Gasteiger partial charge in [0, 0.05) is 18.9 Å². The molecule has 0 aromatic carbocycles. The number of aromatic nitrogens is 4. The number of nitrogens with zero attached hydrogens (tertiary/aromatic N) is 5. The molecular weight excluding hydrogens is 318 g/mol. The summed E-state index contributed by atoms with van der Waals surface area (Å²) in [5, 5.41) is 3.80. The third-order valence-electron chi connectivity index (χ3n) is 3.70. The van der Waals surface area contributed by atoms with Crippen LogP contribution in [0.1, 0.15) is 33.1 Å². The summed E-state index contributed by atoms with van der Waals surface area (Å²) in [5.41, 5.74) is 0.931. The zero-order valence-corrected chi connectivity index (χ0v) is 13.5. The Labute approximate surface area is 135 Å². The molecule has 0 spiro atoms. The summed E-state index contributed by atoms with van der Waals surface area (Å²) in [4.78, 5) is 24.7. The average molecular weight is 333 g/mol. The minimum Gasteiger partial charge on any atom is -0.377 e. The van der Waals surface area contributed by atoms with Crippen LogP contribution >= 0.6 is 11.3 Å². The highest BCUT2D eigenvalue weighted by Crippen LogP contribution is 2.27. The third-order valence-corrected chi connectivity index (χ3v) is 4.69. The number of amides is 1. The van der Waals surface area contributed by atoms with Crippen molar-refractivity contribution < 1.29 is 14.1 Å². The van der Waals surface area contributed by atoms with E-state index < -0.39 is 0 Å². The molecule has 4 heterocycles. The first-order chi connectivity index (χ1) is 11.1. The molecule has 0 N–H and O–H groups in total. The number of ether oxygens (including phenoxy) is 1. The molecule has 1 aliphatic rings. The molecule has 9 heteroatoms. The Hall–Kier alpha value is -2.26. The lowest BCUT2D eigenvalue weighted by Crippen LogP contribution is -2.43. The fraction of sp³-hybridized carbons (Fsp3) is 0.429. The number of carbonyl (C=O) groups excluding carboxylic acids is 1. The number of imidazole rings is 1. The molecule has 23 heavy (non-hydrogen) atoms. The van der Waals surface area contributed by atoms with Crippen molar-refractivity contribution in [2.24, 2.45) is 0 Å². The molecule has 0 aliphatic carbocycles. The topological polar surface area (TPSA) is 85.8 Å². The summed E-state index contributed by atoms with van der Waals surface area (Å²) in [6.45, 7) is 5.02. The molecular formula is C14H15N5O3S. The molecule has 1 saturated heterocycles. The van der Waals surface area contributed by atoms with Crippen LogP contribution in [0.5, 0.6) is 0 Å². The molecule has 0 radical (unpaired) electrons. The SMILES string of the molecule is Cc1cn2cc(C(=O)N3CCOCC3c3nc(C)no3)sc2n1. The summed E-state index contributed by atoms with van der Waals surface area (Å²) in [6.07, 6.45) is 3.72. The van der Waals surface area contributed by atoms with Gasteiger partial charge in [-0.05, 0) is 13.8 Å². The van der Waals surface area contributed by atoms with Crippen molar-refractivity contribution in [2.75, 3.05) is 19.8 Å². The molecule has 8 nitrogen and oxygen atoms in total. The predicted molar refractivity (Wildman–Crippen MR) is 81.4 cm³/mol. The lowest BCUT2D eigenvalue weighted by molar-refractivity contribution is -0.0117. The zero-order chi connectivity index (χ0) is 16.0. The van der Waals surface area contributed by atoms with Crippen molar-refractivity contribution >= 4 is 22.2 Å². The van der Waals surface area contributed by atoms with Crippen LogP contribution in [-0.2, 0) is 4.74 Å². The Morgan fingerprint density at radius 3 is 2.96 bits per heavy atom. The van der Waals surface area contributed by atoms with Crippen LogP contribution in [0.15, 0.2) is 16.9 Å². The maximum Gasteiger partial charge on any atom is 0.266 e. The molecule has 0 bridgehead atoms. The Bertz CT molecular complexity index is 835. The largest absolute Gasteiger partial charge is 0.377 e. The van der Waals surface area contributed by atoms with Crippen LogP contribution in [0.3, 0.4) is 0 Å². The molecule has 1 fully saturated rings. The first kappa shape index (κ1) is 14.3. The lowest BCUT2D eigenvalue weighted by Gasteiger charge is -2.32. The van der Waals surface area contributed by atoms with Crippen molar-refractivity contribution in [3.8, 4) is 0 Å². The number of hydrogen-bond donors (Lipinski definition) is 0. The van der Waals surface area contributed by atoms with E-state index in [0.29, 0.717) is 36.4 Å². The number of rotatable bonds is 2. The minimum atomic E-state index is -0.353. The smallest absolute Gasteiger partial charge is 0.266 e. The molecule has 3 aromatic heterocycles. The van der Waals surface area contributed by atoms with Gasteiger partial charge >= 0.3 is 0 Å². The molecule has 1 amide bonds. The van der Waals surface area contributed by atoms with Crippen molar-refractivity contribution in [1.29, 1.82) is 0 Å². The van der Waals surface area contributed by atoms with Crippen LogP contribution in [0.2, 0.25) is 0 Å². The lowest BCUT2D eigenvalue weighted by atomic mass is 10.2. The van der Waals surface area contributed by atoms with Gasteiger partial charge in [-0.3, -0.25) is 9.20 Å². The molecule has 0 saturated carbocycles. The number of thiazole rings is 1. The van der Waals surface area contributed by atoms with Crippen molar-refractivity contribution in [3.63, 3.8) is 0 Å². The Morgan fingerprint density at radius 2 is 2.22 bits per heavy atom. The second-order valence-corrected chi connectivity index (χ2v) is 6.45. The summed E-state index contributed by atoms with van der Waals surface area (Å²) < 4.78 is 12.6. The van der Waals surface area contributed by atoms with E-state index in [1.54, 1.807) is 11.8 Å². The minimum absolute atomic E-state index is 0.0673. The standard InChI is InChI=1S/C14H15N5O3S/c1-8-5-18-6-11(23-14(18)15-8)13(20)19-3-4-21-7-10(19)12-16-9(2)17-22-12/h5-6,10H,3-4,7H2,1-2H3. The van der Waals surface area contributed by atoms with E-state index in [1.165, 1.54) is 11.3 Å². The van der Waals surface area contributed by atoms with Gasteiger partial charge in [0.15, 0.2) is 10.8 Å². The van der Waals surface area contributed by atoms with Crippen molar-refractivity contribution in [1.82, 2.24) is 24.4 Å². The van der Waals surface area contributed by atoms with Crippen molar-refractivity contribution in [3.05, 3.63) is 34.7 Å². The van der Waals surface area contributed by atoms with E-state index in [-0.39, 0.29) is 11.9 Å². The Morgan fingerprint density at radius 1 is 1.35 bits per heavy atom. The van der Waals surface area contributed by atoms with Gasteiger partial charge in [0.25, 0.3) is 11.8 Å². The predicted octanol–water partition coefficient (Wildman–Crippen LogP) is 1.61. The summed E-state index contributed by atoms with van der Waals surface area (Å²) in [7, 11) is 0. The summed E-state index contributed by atoms with van der Waals surface area (Å²) in [5.74, 6) is 0.887. The Balaban J connectivity index is 1.65. The number of hydrogen-bond acceptors (Lipinski definition) is 7. The maximum atomic E-state index is 12.9. The molecule has 4 rings (SSSR count). The van der Waals surface area contributed by atoms with E-state index in [4.69, 9.17) is 9.26 Å². The highest BCUT2D eigenvalue weighted by Gasteiger charge is 2.34. The molecule has 1 aliphatic heterocycles. The van der Waals surface area contributed by atoms with Crippen LogP contribution in [0.4, 0.5) is 0 Å². The first-order valence-electron chi connectivity index (χ1n) is 7.26. The van der Waals surface area contributed by atoms with Gasteiger partial charge in [-0.25, -0.2) is 4.98 Å². The summed E-state index contributed by atoms with van der Waals surface area (Å²) in [6, 6.07) is -0.353. The third kappa shape index (κ3) is 2.51.